The number of hydrogen-bond acceptors (Lipinski definition) is 3. The molecule has 0 aromatic carbocycles. The number of rotatable bonds is 9. The van der Waals surface area contributed by atoms with Gasteiger partial charge in [0.1, 0.15) is 0 Å². The SMILES string of the molecule is CCC(C)c1ccn([C-](n2ccc(C(C)CC)n2)n2ccc(C(C)CC)n2)n1.[Cl][Mn][Cl]. The van der Waals surface area contributed by atoms with Crippen LogP contribution in [0.3, 0.4) is 0 Å². The van der Waals surface area contributed by atoms with Crippen LogP contribution in [-0.2, 0) is 13.1 Å². The van der Waals surface area contributed by atoms with E-state index >= 15 is 0 Å². The summed E-state index contributed by atoms with van der Waals surface area (Å²) >= 11 is 0.00694. The van der Waals surface area contributed by atoms with E-state index in [2.05, 4.69) is 59.7 Å². The van der Waals surface area contributed by atoms with E-state index in [1.54, 1.807) is 0 Å². The summed E-state index contributed by atoms with van der Waals surface area (Å²) in [6.07, 6.45) is 10.0. The van der Waals surface area contributed by atoms with Crippen molar-refractivity contribution in [3.8, 4) is 0 Å². The van der Waals surface area contributed by atoms with Crippen molar-refractivity contribution in [2.24, 2.45) is 0 Å². The Bertz CT molecular complexity index is 791. The van der Waals surface area contributed by atoms with Gasteiger partial charge in [0, 0.05) is 0 Å². The van der Waals surface area contributed by atoms with Crippen LogP contribution < -0.4 is 0 Å². The van der Waals surface area contributed by atoms with Crippen molar-refractivity contribution >= 4 is 20.2 Å². The molecule has 0 amide bonds. The molecule has 3 atom stereocenters. The third-order valence-corrected chi connectivity index (χ3v) is 5.80. The van der Waals surface area contributed by atoms with Crippen LogP contribution >= 0.6 is 20.2 Å². The summed E-state index contributed by atoms with van der Waals surface area (Å²) in [5.41, 5.74) is 3.26. The summed E-state index contributed by atoms with van der Waals surface area (Å²) < 4.78 is 5.67. The van der Waals surface area contributed by atoms with Crippen LogP contribution in [0.25, 0.3) is 0 Å². The number of hydrogen-bond donors (Lipinski definition) is 0. The van der Waals surface area contributed by atoms with Gasteiger partial charge in [-0.15, -0.1) is 0 Å². The molecule has 3 rings (SSSR count). The molecule has 0 radical (unpaired) electrons. The van der Waals surface area contributed by atoms with Crippen LogP contribution in [0.5, 0.6) is 0 Å². The van der Waals surface area contributed by atoms with Crippen molar-refractivity contribution in [3.63, 3.8) is 0 Å². The molecule has 0 aliphatic carbocycles. The van der Waals surface area contributed by atoms with E-state index in [4.69, 9.17) is 35.5 Å². The normalized spacial score (nSPS) is 13.9. The van der Waals surface area contributed by atoms with Crippen molar-refractivity contribution in [2.45, 2.75) is 78.6 Å². The van der Waals surface area contributed by atoms with Gasteiger partial charge in [-0.2, -0.15) is 15.3 Å². The van der Waals surface area contributed by atoms with Gasteiger partial charge in [0.2, 0.25) is 0 Å². The van der Waals surface area contributed by atoms with Crippen LogP contribution in [0, 0.1) is 6.29 Å². The van der Waals surface area contributed by atoms with Gasteiger partial charge in [-0.1, -0.05) is 59.7 Å². The molecule has 3 aromatic heterocycles. The first-order valence-electron chi connectivity index (χ1n) is 10.8. The predicted molar refractivity (Wildman–Crippen MR) is 124 cm³/mol. The zero-order valence-corrected chi connectivity index (χ0v) is 21.8. The Kier molecular flexibility index (Phi) is 10.5. The molecular formula is C22H33Cl2MnN6-. The molecule has 3 unspecified atom stereocenters. The van der Waals surface area contributed by atoms with Crippen molar-refractivity contribution < 1.29 is 13.1 Å². The molecule has 0 N–H and O–H groups in total. The Morgan fingerprint density at radius 1 is 0.710 bits per heavy atom. The molecule has 3 aromatic rings. The first-order valence-corrected chi connectivity index (χ1v) is 14.1. The molecule has 0 aliphatic heterocycles. The number of nitrogens with zero attached hydrogens (tertiary/aromatic N) is 6. The first-order chi connectivity index (χ1) is 14.9. The van der Waals surface area contributed by atoms with Crippen LogP contribution in [0.15, 0.2) is 36.8 Å². The summed E-state index contributed by atoms with van der Waals surface area (Å²) in [4.78, 5) is 0. The van der Waals surface area contributed by atoms with E-state index in [0.717, 1.165) is 42.6 Å². The van der Waals surface area contributed by atoms with Crippen molar-refractivity contribution in [2.75, 3.05) is 0 Å². The van der Waals surface area contributed by atoms with Gasteiger partial charge in [0.25, 0.3) is 0 Å². The van der Waals surface area contributed by atoms with Crippen LogP contribution in [-0.4, -0.2) is 29.3 Å². The molecule has 3 heterocycles. The van der Waals surface area contributed by atoms with Crippen molar-refractivity contribution in [1.29, 1.82) is 0 Å². The van der Waals surface area contributed by atoms with Gasteiger partial charge in [-0.25, -0.2) is 0 Å². The Morgan fingerprint density at radius 2 is 0.968 bits per heavy atom. The monoisotopic (exact) mass is 506 g/mol. The summed E-state index contributed by atoms with van der Waals surface area (Å²) in [6, 6.07) is 6.27. The second-order valence-corrected chi connectivity index (χ2v) is 9.79. The summed E-state index contributed by atoms with van der Waals surface area (Å²) in [6.45, 7) is 13.2. The number of halogens is 2. The quantitative estimate of drug-likeness (QED) is 0.243. The molecule has 0 spiro atoms. The van der Waals surface area contributed by atoms with Crippen LogP contribution in [0.2, 0.25) is 0 Å². The second-order valence-electron chi connectivity index (χ2n) is 7.84. The van der Waals surface area contributed by atoms with E-state index < -0.39 is 0 Å². The van der Waals surface area contributed by atoms with Gasteiger partial charge in [-0.3, -0.25) is 14.0 Å². The Balaban J connectivity index is 0.00000107. The third kappa shape index (κ3) is 6.55. The molecule has 0 bridgehead atoms. The predicted octanol–water partition coefficient (Wildman–Crippen LogP) is 6.58. The van der Waals surface area contributed by atoms with Gasteiger partial charge in [-0.05, 0) is 55.6 Å². The molecule has 0 aliphatic rings. The topological polar surface area (TPSA) is 53.5 Å². The molecule has 9 heteroatoms. The van der Waals surface area contributed by atoms with E-state index in [1.807, 2.05) is 32.6 Å². The van der Waals surface area contributed by atoms with Crippen molar-refractivity contribution in [1.82, 2.24) is 29.3 Å². The third-order valence-electron chi connectivity index (χ3n) is 5.80. The molecule has 173 valence electrons. The molecule has 0 saturated carbocycles. The van der Waals surface area contributed by atoms with E-state index in [0.29, 0.717) is 17.8 Å². The molecular weight excluding hydrogens is 474 g/mol. The summed E-state index contributed by atoms with van der Waals surface area (Å²) in [5.74, 6) is 1.26. The van der Waals surface area contributed by atoms with E-state index in [1.165, 1.54) is 0 Å². The summed E-state index contributed by atoms with van der Waals surface area (Å²) in [5, 5.41) is 14.5. The maximum absolute atomic E-state index is 4.84. The minimum absolute atomic E-state index is 0.00694. The van der Waals surface area contributed by atoms with Gasteiger partial charge >= 0.3 is 33.3 Å². The first kappa shape index (κ1) is 25.9. The number of aromatic nitrogens is 6. The average Bonchev–Trinajstić information content (AvgIpc) is 3.54. The fourth-order valence-electron chi connectivity index (χ4n) is 3.08. The Hall–Kier alpha value is -1.40. The van der Waals surface area contributed by atoms with Gasteiger partial charge < -0.3 is 0 Å². The summed E-state index contributed by atoms with van der Waals surface area (Å²) in [7, 11) is 9.59. The maximum atomic E-state index is 4.84. The van der Waals surface area contributed by atoms with E-state index in [-0.39, 0.29) is 13.1 Å². The standard InChI is InChI=1S/C22H33N6.2ClH.Mn/c1-7-16(4)19-10-13-26(23-19)22(27-14-11-20(24-27)17(5)8-2)28-15-12-21(25-28)18(6)9-3;;;/h10-18H,7-9H2,1-6H3;2*1H;/q-1;;;+2/p-2. The van der Waals surface area contributed by atoms with Crippen LogP contribution in [0.1, 0.15) is 95.6 Å². The minimum atomic E-state index is 0.00694. The Labute approximate surface area is 200 Å². The molecule has 0 fully saturated rings. The fraction of sp³-hybridized carbons (Fsp3) is 0.545. The van der Waals surface area contributed by atoms with Gasteiger partial charge in [0.15, 0.2) is 6.29 Å². The molecule has 0 saturated heterocycles. The fourth-order valence-corrected chi connectivity index (χ4v) is 3.08. The second kappa shape index (κ2) is 12.6. The zero-order valence-electron chi connectivity index (χ0n) is 19.1. The zero-order chi connectivity index (χ0) is 23.0. The van der Waals surface area contributed by atoms with E-state index in [9.17, 15) is 0 Å². The van der Waals surface area contributed by atoms with Crippen molar-refractivity contribution in [3.05, 3.63) is 60.2 Å². The van der Waals surface area contributed by atoms with Crippen LogP contribution in [0.4, 0.5) is 0 Å². The average molecular weight is 507 g/mol. The Morgan fingerprint density at radius 3 is 1.19 bits per heavy atom. The van der Waals surface area contributed by atoms with Gasteiger partial charge in [0.05, 0.1) is 17.1 Å². The molecule has 31 heavy (non-hydrogen) atoms. The molecule has 6 nitrogen and oxygen atoms in total.